The molecule has 0 unspecified atom stereocenters. The molecule has 7 heteroatoms. The smallest absolute Gasteiger partial charge is 0.337 e. The first kappa shape index (κ1) is 17.9. The fourth-order valence-corrected chi connectivity index (χ4v) is 3.45. The lowest BCUT2D eigenvalue weighted by Crippen LogP contribution is -2.28. The van der Waals surface area contributed by atoms with E-state index in [1.165, 1.54) is 18.9 Å². The van der Waals surface area contributed by atoms with Gasteiger partial charge in [0.1, 0.15) is 0 Å². The quantitative estimate of drug-likeness (QED) is 0.611. The molecule has 6 nitrogen and oxygen atoms in total. The van der Waals surface area contributed by atoms with E-state index in [0.717, 1.165) is 5.56 Å². The summed E-state index contributed by atoms with van der Waals surface area (Å²) in [5, 5.41) is 0.628. The van der Waals surface area contributed by atoms with Gasteiger partial charge in [0.15, 0.2) is 5.17 Å². The third-order valence-electron chi connectivity index (χ3n) is 3.70. The fourth-order valence-electron chi connectivity index (χ4n) is 2.39. The van der Waals surface area contributed by atoms with Crippen molar-refractivity contribution in [2.75, 3.05) is 13.7 Å². The molecule has 0 spiro atoms. The monoisotopic (exact) mass is 367 g/mol. The molecule has 0 atom stereocenters. The van der Waals surface area contributed by atoms with E-state index >= 15 is 0 Å². The number of rotatable bonds is 4. The van der Waals surface area contributed by atoms with Crippen LogP contribution >= 0.6 is 11.8 Å². The number of hydrogen-bond acceptors (Lipinski definition) is 6. The van der Waals surface area contributed by atoms with Crippen LogP contribution in [0.2, 0.25) is 0 Å². The number of carbonyl (C=O) groups excluding carboxylic acids is 2. The molecule has 1 aliphatic rings. The van der Waals surface area contributed by atoms with Crippen LogP contribution in [0.3, 0.4) is 0 Å². The highest BCUT2D eigenvalue weighted by molar-refractivity contribution is 8.18. The zero-order valence-electron chi connectivity index (χ0n) is 14.4. The summed E-state index contributed by atoms with van der Waals surface area (Å²) in [6.07, 6.45) is 5.12. The van der Waals surface area contributed by atoms with E-state index in [1.54, 1.807) is 53.7 Å². The number of nitrogens with zero attached hydrogens (tertiary/aromatic N) is 3. The maximum absolute atomic E-state index is 12.6. The van der Waals surface area contributed by atoms with Gasteiger partial charge in [-0.15, -0.1) is 0 Å². The van der Waals surface area contributed by atoms with Gasteiger partial charge in [-0.25, -0.2) is 9.79 Å². The van der Waals surface area contributed by atoms with Crippen molar-refractivity contribution in [1.29, 1.82) is 0 Å². The van der Waals surface area contributed by atoms with E-state index in [9.17, 15) is 9.59 Å². The van der Waals surface area contributed by atoms with Crippen molar-refractivity contribution in [3.05, 3.63) is 64.8 Å². The number of pyridine rings is 1. The SMILES string of the molecule is CCN1C(=O)/C(=C/c2ccc(C(=O)OC)cc2)SC1=Nc1cccnc1. The number of esters is 1. The van der Waals surface area contributed by atoms with Crippen LogP contribution in [0.5, 0.6) is 0 Å². The van der Waals surface area contributed by atoms with E-state index < -0.39 is 5.97 Å². The Hall–Kier alpha value is -2.93. The lowest BCUT2D eigenvalue weighted by molar-refractivity contribution is -0.122. The largest absolute Gasteiger partial charge is 0.465 e. The summed E-state index contributed by atoms with van der Waals surface area (Å²) in [4.78, 5) is 34.9. The minimum Gasteiger partial charge on any atom is -0.465 e. The number of amidine groups is 1. The number of benzene rings is 1. The summed E-state index contributed by atoms with van der Waals surface area (Å²) in [6, 6.07) is 10.5. The summed E-state index contributed by atoms with van der Waals surface area (Å²) in [7, 11) is 1.34. The number of aliphatic imine (C=N–C) groups is 1. The Kier molecular flexibility index (Phi) is 5.48. The molecule has 0 radical (unpaired) electrons. The van der Waals surface area contributed by atoms with Gasteiger partial charge >= 0.3 is 5.97 Å². The molecule has 1 fully saturated rings. The van der Waals surface area contributed by atoms with Gasteiger partial charge in [-0.05, 0) is 54.6 Å². The van der Waals surface area contributed by atoms with Crippen LogP contribution in [0.1, 0.15) is 22.8 Å². The molecule has 1 aromatic carbocycles. The molecule has 132 valence electrons. The predicted octanol–water partition coefficient (Wildman–Crippen LogP) is 3.49. The molecular weight excluding hydrogens is 350 g/mol. The Morgan fingerprint density at radius 3 is 2.69 bits per heavy atom. The third-order valence-corrected chi connectivity index (χ3v) is 4.71. The number of methoxy groups -OCH3 is 1. The fraction of sp³-hybridized carbons (Fsp3) is 0.158. The van der Waals surface area contributed by atoms with Crippen LogP contribution in [0, 0.1) is 0 Å². The predicted molar refractivity (Wildman–Crippen MR) is 102 cm³/mol. The number of hydrogen-bond donors (Lipinski definition) is 0. The highest BCUT2D eigenvalue weighted by Gasteiger charge is 2.32. The number of likely N-dealkylation sites (N-methyl/N-ethyl adjacent to an activating group) is 1. The van der Waals surface area contributed by atoms with E-state index in [-0.39, 0.29) is 5.91 Å². The van der Waals surface area contributed by atoms with Gasteiger partial charge in [0.05, 0.1) is 29.5 Å². The minimum atomic E-state index is -0.390. The van der Waals surface area contributed by atoms with Gasteiger partial charge < -0.3 is 4.74 Å². The summed E-state index contributed by atoms with van der Waals surface area (Å²) in [5.41, 5.74) is 1.99. The molecule has 1 aliphatic heterocycles. The van der Waals surface area contributed by atoms with Crippen LogP contribution in [-0.2, 0) is 9.53 Å². The van der Waals surface area contributed by atoms with Crippen molar-refractivity contribution in [2.24, 2.45) is 4.99 Å². The first-order valence-corrected chi connectivity index (χ1v) is 8.82. The maximum atomic E-state index is 12.6. The average molecular weight is 367 g/mol. The highest BCUT2D eigenvalue weighted by atomic mass is 32.2. The second kappa shape index (κ2) is 7.97. The van der Waals surface area contributed by atoms with Gasteiger partial charge in [-0.3, -0.25) is 14.7 Å². The van der Waals surface area contributed by atoms with Crippen molar-refractivity contribution in [3.63, 3.8) is 0 Å². The average Bonchev–Trinajstić information content (AvgIpc) is 2.96. The van der Waals surface area contributed by atoms with Crippen molar-refractivity contribution < 1.29 is 14.3 Å². The van der Waals surface area contributed by atoms with Gasteiger partial charge in [0.2, 0.25) is 0 Å². The number of thioether (sulfide) groups is 1. The van der Waals surface area contributed by atoms with Gasteiger partial charge in [0, 0.05) is 12.7 Å². The Balaban J connectivity index is 1.86. The molecule has 2 heterocycles. The van der Waals surface area contributed by atoms with Gasteiger partial charge in [-0.1, -0.05) is 12.1 Å². The molecule has 2 aromatic rings. The Bertz CT molecular complexity index is 877. The Morgan fingerprint density at radius 1 is 1.31 bits per heavy atom. The van der Waals surface area contributed by atoms with E-state index in [0.29, 0.717) is 27.9 Å². The maximum Gasteiger partial charge on any atom is 0.337 e. The van der Waals surface area contributed by atoms with Crippen molar-refractivity contribution in [1.82, 2.24) is 9.88 Å². The van der Waals surface area contributed by atoms with Gasteiger partial charge in [0.25, 0.3) is 5.91 Å². The summed E-state index contributed by atoms with van der Waals surface area (Å²) in [6.45, 7) is 2.44. The van der Waals surface area contributed by atoms with Crippen molar-refractivity contribution >= 4 is 40.6 Å². The van der Waals surface area contributed by atoms with Crippen LogP contribution < -0.4 is 0 Å². The zero-order chi connectivity index (χ0) is 18.5. The molecule has 0 aliphatic carbocycles. The number of carbonyl (C=O) groups is 2. The van der Waals surface area contributed by atoms with Crippen LogP contribution in [-0.4, -0.2) is 40.6 Å². The van der Waals surface area contributed by atoms with Crippen LogP contribution in [0.15, 0.2) is 58.7 Å². The molecule has 1 saturated heterocycles. The number of amides is 1. The van der Waals surface area contributed by atoms with Gasteiger partial charge in [-0.2, -0.15) is 0 Å². The molecule has 0 bridgehead atoms. The van der Waals surface area contributed by atoms with Crippen molar-refractivity contribution in [2.45, 2.75) is 6.92 Å². The molecular formula is C19H17N3O3S. The first-order chi connectivity index (χ1) is 12.6. The summed E-state index contributed by atoms with van der Waals surface area (Å²) in [5.74, 6) is -0.476. The van der Waals surface area contributed by atoms with E-state index in [1.807, 2.05) is 13.0 Å². The lowest BCUT2D eigenvalue weighted by Gasteiger charge is -2.11. The topological polar surface area (TPSA) is 71.9 Å². The van der Waals surface area contributed by atoms with Crippen molar-refractivity contribution in [3.8, 4) is 0 Å². The van der Waals surface area contributed by atoms with Crippen LogP contribution in [0.4, 0.5) is 5.69 Å². The number of aromatic nitrogens is 1. The normalized spacial score (nSPS) is 17.2. The molecule has 0 saturated carbocycles. The van der Waals surface area contributed by atoms with Crippen LogP contribution in [0.25, 0.3) is 6.08 Å². The molecule has 1 amide bonds. The first-order valence-electron chi connectivity index (χ1n) is 8.01. The standard InChI is InChI=1S/C19H17N3O3S/c1-3-22-17(23)16(26-19(22)21-15-5-4-10-20-12-15)11-13-6-8-14(9-7-13)18(24)25-2/h4-12H,3H2,1-2H3/b16-11-,21-19?. The second-order valence-corrected chi connectivity index (χ2v) is 6.39. The minimum absolute atomic E-state index is 0.0859. The highest BCUT2D eigenvalue weighted by Crippen LogP contribution is 2.33. The molecule has 3 rings (SSSR count). The summed E-state index contributed by atoms with van der Waals surface area (Å²) < 4.78 is 4.69. The number of ether oxygens (including phenoxy) is 1. The Labute approximate surface area is 155 Å². The summed E-state index contributed by atoms with van der Waals surface area (Å²) >= 11 is 1.32. The Morgan fingerprint density at radius 2 is 2.08 bits per heavy atom. The molecule has 26 heavy (non-hydrogen) atoms. The molecule has 0 N–H and O–H groups in total. The lowest BCUT2D eigenvalue weighted by atomic mass is 10.1. The van der Waals surface area contributed by atoms with E-state index in [2.05, 4.69) is 14.7 Å². The molecule has 1 aromatic heterocycles. The third kappa shape index (κ3) is 3.83. The second-order valence-electron chi connectivity index (χ2n) is 5.38. The van der Waals surface area contributed by atoms with E-state index in [4.69, 9.17) is 0 Å². The zero-order valence-corrected chi connectivity index (χ0v) is 15.2.